The molecule has 1 saturated carbocycles. The predicted molar refractivity (Wildman–Crippen MR) is 131 cm³/mol. The van der Waals surface area contributed by atoms with Gasteiger partial charge in [0, 0.05) is 17.1 Å². The molecule has 0 aliphatic heterocycles. The van der Waals surface area contributed by atoms with Gasteiger partial charge >= 0.3 is 6.09 Å². The zero-order valence-electron chi connectivity index (χ0n) is 21.8. The normalized spacial score (nSPS) is 15.9. The summed E-state index contributed by atoms with van der Waals surface area (Å²) in [5.74, 6) is -0.693. The number of hydrogen-bond acceptors (Lipinski definition) is 5. The van der Waals surface area contributed by atoms with Crippen LogP contribution in [0.25, 0.3) is 0 Å². The van der Waals surface area contributed by atoms with E-state index in [0.717, 1.165) is 12.8 Å². The summed E-state index contributed by atoms with van der Waals surface area (Å²) in [6, 6.07) is 4.51. The molecule has 1 aromatic carbocycles. The summed E-state index contributed by atoms with van der Waals surface area (Å²) in [5.41, 5.74) is -0.897. The SMILES string of the molecule is CC(C)CC(NC(=O)OC(C)(C)C)C(=O)N(C1CC1)C(C(=O)NC(C)(C)C)c1ccccc1O. The quantitative estimate of drug-likeness (QED) is 0.520. The van der Waals surface area contributed by atoms with Crippen molar-refractivity contribution in [2.24, 2.45) is 5.92 Å². The lowest BCUT2D eigenvalue weighted by Crippen LogP contribution is -2.55. The lowest BCUT2D eigenvalue weighted by atomic mass is 9.97. The Kier molecular flexibility index (Phi) is 8.61. The van der Waals surface area contributed by atoms with Gasteiger partial charge in [-0.25, -0.2) is 4.79 Å². The Morgan fingerprint density at radius 3 is 2.15 bits per heavy atom. The highest BCUT2D eigenvalue weighted by molar-refractivity contribution is 5.93. The Balaban J connectivity index is 2.47. The Labute approximate surface area is 203 Å². The van der Waals surface area contributed by atoms with Gasteiger partial charge in [0.25, 0.3) is 0 Å². The Bertz CT molecular complexity index is 881. The van der Waals surface area contributed by atoms with Gasteiger partial charge in [0.2, 0.25) is 11.8 Å². The molecule has 2 rings (SSSR count). The van der Waals surface area contributed by atoms with E-state index in [1.54, 1.807) is 43.9 Å². The minimum absolute atomic E-state index is 0.0597. The molecule has 0 saturated heterocycles. The molecular formula is C26H41N3O5. The van der Waals surface area contributed by atoms with E-state index in [-0.39, 0.29) is 29.5 Å². The molecule has 2 unspecified atom stereocenters. The predicted octanol–water partition coefficient (Wildman–Crippen LogP) is 4.28. The number of para-hydroxylation sites is 1. The van der Waals surface area contributed by atoms with Crippen molar-refractivity contribution in [1.82, 2.24) is 15.5 Å². The number of nitrogens with one attached hydrogen (secondary N) is 2. The number of nitrogens with zero attached hydrogens (tertiary/aromatic N) is 1. The second-order valence-electron chi connectivity index (χ2n) is 11.5. The monoisotopic (exact) mass is 475 g/mol. The largest absolute Gasteiger partial charge is 0.508 e. The van der Waals surface area contributed by atoms with Gasteiger partial charge in [-0.15, -0.1) is 0 Å². The van der Waals surface area contributed by atoms with E-state index < -0.39 is 29.3 Å². The number of amides is 3. The summed E-state index contributed by atoms with van der Waals surface area (Å²) in [6.45, 7) is 14.8. The zero-order chi connectivity index (χ0) is 25.8. The molecule has 0 bridgehead atoms. The Hall–Kier alpha value is -2.77. The van der Waals surface area contributed by atoms with Gasteiger partial charge in [0.15, 0.2) is 0 Å². The first-order valence-corrected chi connectivity index (χ1v) is 12.0. The lowest BCUT2D eigenvalue weighted by Gasteiger charge is -2.36. The smallest absolute Gasteiger partial charge is 0.408 e. The van der Waals surface area contributed by atoms with Crippen LogP contribution in [0.1, 0.15) is 86.3 Å². The van der Waals surface area contributed by atoms with Crippen LogP contribution < -0.4 is 10.6 Å². The molecule has 0 heterocycles. The minimum Gasteiger partial charge on any atom is -0.508 e. The van der Waals surface area contributed by atoms with Crippen molar-refractivity contribution in [2.75, 3.05) is 0 Å². The van der Waals surface area contributed by atoms with E-state index in [1.165, 1.54) is 6.07 Å². The van der Waals surface area contributed by atoms with Crippen molar-refractivity contribution in [3.8, 4) is 5.75 Å². The Morgan fingerprint density at radius 2 is 1.68 bits per heavy atom. The molecule has 8 heteroatoms. The summed E-state index contributed by atoms with van der Waals surface area (Å²) < 4.78 is 5.39. The third kappa shape index (κ3) is 8.22. The fourth-order valence-electron chi connectivity index (χ4n) is 3.77. The van der Waals surface area contributed by atoms with Crippen molar-refractivity contribution >= 4 is 17.9 Å². The number of aromatic hydroxyl groups is 1. The van der Waals surface area contributed by atoms with E-state index in [1.807, 2.05) is 34.6 Å². The summed E-state index contributed by atoms with van der Waals surface area (Å²) in [5, 5.41) is 16.3. The first kappa shape index (κ1) is 27.5. The Morgan fingerprint density at radius 1 is 1.09 bits per heavy atom. The highest BCUT2D eigenvalue weighted by Crippen LogP contribution is 2.38. The molecule has 34 heavy (non-hydrogen) atoms. The minimum atomic E-state index is -1.03. The maximum absolute atomic E-state index is 14.0. The number of carbonyl (C=O) groups excluding carboxylic acids is 3. The molecule has 0 radical (unpaired) electrons. The van der Waals surface area contributed by atoms with Crippen LogP contribution in [0.2, 0.25) is 0 Å². The van der Waals surface area contributed by atoms with Gasteiger partial charge in [0.1, 0.15) is 23.4 Å². The molecule has 3 amide bonds. The van der Waals surface area contributed by atoms with Gasteiger partial charge in [-0.1, -0.05) is 32.0 Å². The van der Waals surface area contributed by atoms with Crippen LogP contribution >= 0.6 is 0 Å². The molecule has 0 aromatic heterocycles. The van der Waals surface area contributed by atoms with Crippen LogP contribution in [0.4, 0.5) is 4.79 Å². The summed E-state index contributed by atoms with van der Waals surface area (Å²) >= 11 is 0. The van der Waals surface area contributed by atoms with Gasteiger partial charge < -0.3 is 25.4 Å². The average Bonchev–Trinajstić information content (AvgIpc) is 3.47. The van der Waals surface area contributed by atoms with Gasteiger partial charge in [0.05, 0.1) is 0 Å². The second kappa shape index (κ2) is 10.7. The van der Waals surface area contributed by atoms with Gasteiger partial charge in [-0.3, -0.25) is 9.59 Å². The number of hydrogen-bond donors (Lipinski definition) is 3. The lowest BCUT2D eigenvalue weighted by molar-refractivity contribution is -0.144. The number of ether oxygens (including phenoxy) is 1. The average molecular weight is 476 g/mol. The van der Waals surface area contributed by atoms with Crippen LogP contribution in [0.15, 0.2) is 24.3 Å². The summed E-state index contributed by atoms with van der Waals surface area (Å²) in [7, 11) is 0. The molecule has 1 aliphatic rings. The van der Waals surface area contributed by atoms with Crippen LogP contribution in [0.5, 0.6) is 5.75 Å². The maximum atomic E-state index is 14.0. The number of carbonyl (C=O) groups is 3. The highest BCUT2D eigenvalue weighted by atomic mass is 16.6. The fraction of sp³-hybridized carbons (Fsp3) is 0.654. The van der Waals surface area contributed by atoms with E-state index in [4.69, 9.17) is 4.74 Å². The second-order valence-corrected chi connectivity index (χ2v) is 11.5. The molecule has 1 aromatic rings. The van der Waals surface area contributed by atoms with Crippen molar-refractivity contribution in [2.45, 2.75) is 104 Å². The van der Waals surface area contributed by atoms with Crippen molar-refractivity contribution in [3.05, 3.63) is 29.8 Å². The standard InChI is InChI=1S/C26H41N3O5/c1-16(2)15-19(27-24(33)34-26(6,7)8)23(32)29(17-13-14-17)21(22(31)28-25(3,4)5)18-11-9-10-12-20(18)30/h9-12,16-17,19,21,30H,13-15H2,1-8H3,(H,27,33)(H,28,31). The molecule has 0 spiro atoms. The third-order valence-electron chi connectivity index (χ3n) is 5.15. The van der Waals surface area contributed by atoms with Crippen LogP contribution in [0, 0.1) is 5.92 Å². The number of phenols is 1. The molecular weight excluding hydrogens is 434 g/mol. The molecule has 3 N–H and O–H groups in total. The van der Waals surface area contributed by atoms with Crippen molar-refractivity contribution in [3.63, 3.8) is 0 Å². The van der Waals surface area contributed by atoms with Crippen molar-refractivity contribution in [1.29, 1.82) is 0 Å². The highest BCUT2D eigenvalue weighted by Gasteiger charge is 2.45. The number of alkyl carbamates (subject to hydrolysis) is 1. The number of rotatable bonds is 8. The van der Waals surface area contributed by atoms with E-state index >= 15 is 0 Å². The first-order chi connectivity index (χ1) is 15.6. The van der Waals surface area contributed by atoms with Crippen LogP contribution in [-0.2, 0) is 14.3 Å². The summed E-state index contributed by atoms with van der Waals surface area (Å²) in [6.07, 6.45) is 1.20. The van der Waals surface area contributed by atoms with Crippen LogP contribution in [-0.4, -0.2) is 51.1 Å². The molecule has 2 atom stereocenters. The molecule has 1 fully saturated rings. The zero-order valence-corrected chi connectivity index (χ0v) is 21.8. The van der Waals surface area contributed by atoms with Crippen molar-refractivity contribution < 1.29 is 24.2 Å². The van der Waals surface area contributed by atoms with Gasteiger partial charge in [-0.05, 0) is 72.8 Å². The number of benzene rings is 1. The molecule has 8 nitrogen and oxygen atoms in total. The fourth-order valence-corrected chi connectivity index (χ4v) is 3.77. The topological polar surface area (TPSA) is 108 Å². The van der Waals surface area contributed by atoms with E-state index in [9.17, 15) is 19.5 Å². The van der Waals surface area contributed by atoms with Crippen LogP contribution in [0.3, 0.4) is 0 Å². The summed E-state index contributed by atoms with van der Waals surface area (Å²) in [4.78, 5) is 41.6. The van der Waals surface area contributed by atoms with E-state index in [2.05, 4.69) is 10.6 Å². The third-order valence-corrected chi connectivity index (χ3v) is 5.15. The van der Waals surface area contributed by atoms with E-state index in [0.29, 0.717) is 12.0 Å². The van der Waals surface area contributed by atoms with Gasteiger partial charge in [-0.2, -0.15) is 0 Å². The molecule has 190 valence electrons. The number of phenolic OH excluding ortho intramolecular Hbond substituents is 1. The molecule has 1 aliphatic carbocycles. The maximum Gasteiger partial charge on any atom is 0.408 e. The first-order valence-electron chi connectivity index (χ1n) is 12.0.